The van der Waals surface area contributed by atoms with Crippen molar-refractivity contribution in [3.8, 4) is 0 Å². The third kappa shape index (κ3) is 2.35. The van der Waals surface area contributed by atoms with Crippen molar-refractivity contribution in [2.45, 2.75) is 64.9 Å². The summed E-state index contributed by atoms with van der Waals surface area (Å²) in [5.74, 6) is 1.92. The van der Waals surface area contributed by atoms with E-state index >= 15 is 0 Å². The number of fused-ring (bicyclic) bond motifs is 5. The Labute approximate surface area is 151 Å². The molecule has 1 N–H and O–H groups in total. The van der Waals surface area contributed by atoms with Crippen LogP contribution in [0.3, 0.4) is 0 Å². The average Bonchev–Trinajstić information content (AvgIpc) is 2.85. The van der Waals surface area contributed by atoms with E-state index in [2.05, 4.69) is 26.0 Å². The summed E-state index contributed by atoms with van der Waals surface area (Å²) in [5, 5.41) is 11.4. The molecule has 4 aliphatic carbocycles. The Morgan fingerprint density at radius 1 is 1.20 bits per heavy atom. The summed E-state index contributed by atoms with van der Waals surface area (Å²) in [7, 11) is 0. The van der Waals surface area contributed by atoms with Gasteiger partial charge in [0.15, 0.2) is 5.78 Å². The molecule has 2 fully saturated rings. The SMILES string of the molecule is CCOC[C@]1(O)CC[C@H]2[C@@H]3C=CC4=CC(=O)CC[C@]4(C)[C@H]3CC[C@@]21C. The van der Waals surface area contributed by atoms with Gasteiger partial charge in [-0.1, -0.05) is 26.0 Å². The van der Waals surface area contributed by atoms with Gasteiger partial charge < -0.3 is 9.84 Å². The van der Waals surface area contributed by atoms with Crippen LogP contribution >= 0.6 is 0 Å². The lowest BCUT2D eigenvalue weighted by Gasteiger charge is -2.57. The van der Waals surface area contributed by atoms with Gasteiger partial charge in [-0.3, -0.25) is 4.79 Å². The number of allylic oxidation sites excluding steroid dienone is 4. The van der Waals surface area contributed by atoms with Gasteiger partial charge in [-0.2, -0.15) is 0 Å². The number of ketones is 1. The molecule has 0 aliphatic heterocycles. The van der Waals surface area contributed by atoms with Gasteiger partial charge >= 0.3 is 0 Å². The predicted molar refractivity (Wildman–Crippen MR) is 98.1 cm³/mol. The molecular weight excluding hydrogens is 312 g/mol. The van der Waals surface area contributed by atoms with Gasteiger partial charge in [0.2, 0.25) is 0 Å². The maximum absolute atomic E-state index is 11.9. The highest BCUT2D eigenvalue weighted by molar-refractivity contribution is 5.92. The average molecular weight is 344 g/mol. The lowest BCUT2D eigenvalue weighted by molar-refractivity contribution is -0.146. The summed E-state index contributed by atoms with van der Waals surface area (Å²) in [6.07, 6.45) is 12.3. The van der Waals surface area contributed by atoms with E-state index in [-0.39, 0.29) is 16.6 Å². The van der Waals surface area contributed by atoms with Crippen molar-refractivity contribution >= 4 is 5.78 Å². The summed E-state index contributed by atoms with van der Waals surface area (Å²) >= 11 is 0. The minimum atomic E-state index is -0.688. The van der Waals surface area contributed by atoms with Crippen LogP contribution in [0.2, 0.25) is 0 Å². The number of carbonyl (C=O) groups is 1. The van der Waals surface area contributed by atoms with E-state index in [9.17, 15) is 9.90 Å². The quantitative estimate of drug-likeness (QED) is 0.840. The molecule has 3 nitrogen and oxygen atoms in total. The molecule has 0 bridgehead atoms. The van der Waals surface area contributed by atoms with Crippen LogP contribution in [0.15, 0.2) is 23.8 Å². The lowest BCUT2D eigenvalue weighted by atomic mass is 9.48. The number of ether oxygens (including phenoxy) is 1. The first kappa shape index (κ1) is 17.5. The summed E-state index contributed by atoms with van der Waals surface area (Å²) in [5.41, 5.74) is 0.632. The Balaban J connectivity index is 1.67. The fourth-order valence-corrected chi connectivity index (χ4v) is 6.62. The molecule has 0 amide bonds. The number of hydrogen-bond donors (Lipinski definition) is 1. The lowest BCUT2D eigenvalue weighted by Crippen LogP contribution is -2.55. The van der Waals surface area contributed by atoms with Crippen LogP contribution in [0, 0.1) is 28.6 Å². The molecule has 0 heterocycles. The van der Waals surface area contributed by atoms with Crippen LogP contribution in [0.5, 0.6) is 0 Å². The molecule has 138 valence electrons. The zero-order chi connectivity index (χ0) is 17.9. The van der Waals surface area contributed by atoms with Crippen molar-refractivity contribution in [3.63, 3.8) is 0 Å². The van der Waals surface area contributed by atoms with Crippen molar-refractivity contribution in [3.05, 3.63) is 23.8 Å². The van der Waals surface area contributed by atoms with E-state index in [4.69, 9.17) is 4.74 Å². The van der Waals surface area contributed by atoms with E-state index in [0.29, 0.717) is 37.4 Å². The first-order valence-corrected chi connectivity index (χ1v) is 10.1. The normalized spacial score (nSPS) is 48.6. The molecule has 25 heavy (non-hydrogen) atoms. The van der Waals surface area contributed by atoms with Crippen LogP contribution in [0.1, 0.15) is 59.3 Å². The molecule has 6 atom stereocenters. The predicted octanol–water partition coefficient (Wildman–Crippen LogP) is 4.06. The van der Waals surface area contributed by atoms with Crippen molar-refractivity contribution in [2.24, 2.45) is 28.6 Å². The second kappa shape index (κ2) is 5.79. The van der Waals surface area contributed by atoms with Crippen molar-refractivity contribution in [1.29, 1.82) is 0 Å². The van der Waals surface area contributed by atoms with Crippen molar-refractivity contribution in [1.82, 2.24) is 0 Å². The van der Waals surface area contributed by atoms with Gasteiger partial charge in [-0.05, 0) is 73.8 Å². The van der Waals surface area contributed by atoms with E-state index in [0.717, 1.165) is 32.1 Å². The highest BCUT2D eigenvalue weighted by Crippen LogP contribution is 2.66. The number of aliphatic hydroxyl groups is 1. The molecule has 0 aromatic heterocycles. The first-order valence-electron chi connectivity index (χ1n) is 10.1. The minimum absolute atomic E-state index is 0.0598. The standard InChI is InChI=1S/C22H32O3/c1-4-25-14-22(24)12-9-19-17-6-5-15-13-16(23)7-10-20(15,2)18(17)8-11-21(19,22)3/h5-6,13,17-19,24H,4,7-12,14H2,1-3H3/t17-,18+,19+,20+,21+,22-/m1/s1. The fourth-order valence-electron chi connectivity index (χ4n) is 6.62. The highest BCUT2D eigenvalue weighted by Gasteiger charge is 2.63. The van der Waals surface area contributed by atoms with Gasteiger partial charge in [0.05, 0.1) is 12.2 Å². The Kier molecular flexibility index (Phi) is 4.05. The van der Waals surface area contributed by atoms with Gasteiger partial charge in [0, 0.05) is 18.4 Å². The van der Waals surface area contributed by atoms with Crippen molar-refractivity contribution in [2.75, 3.05) is 13.2 Å². The second-order valence-electron chi connectivity index (χ2n) is 9.30. The maximum Gasteiger partial charge on any atom is 0.156 e. The van der Waals surface area contributed by atoms with E-state index in [1.54, 1.807) is 0 Å². The monoisotopic (exact) mass is 344 g/mol. The minimum Gasteiger partial charge on any atom is -0.387 e. The largest absolute Gasteiger partial charge is 0.387 e. The summed E-state index contributed by atoms with van der Waals surface area (Å²) < 4.78 is 5.67. The third-order valence-corrected chi connectivity index (χ3v) is 8.38. The number of rotatable bonds is 3. The van der Waals surface area contributed by atoms with Gasteiger partial charge in [-0.25, -0.2) is 0 Å². The Bertz CT molecular complexity index is 635. The Morgan fingerprint density at radius 3 is 2.72 bits per heavy atom. The Morgan fingerprint density at radius 2 is 1.96 bits per heavy atom. The zero-order valence-corrected chi connectivity index (χ0v) is 15.9. The van der Waals surface area contributed by atoms with Crippen LogP contribution in [0.4, 0.5) is 0 Å². The molecule has 0 saturated heterocycles. The molecule has 0 aromatic rings. The van der Waals surface area contributed by atoms with E-state index < -0.39 is 5.60 Å². The maximum atomic E-state index is 11.9. The van der Waals surface area contributed by atoms with Gasteiger partial charge in [0.1, 0.15) is 0 Å². The Hall–Kier alpha value is -0.930. The third-order valence-electron chi connectivity index (χ3n) is 8.38. The summed E-state index contributed by atoms with van der Waals surface area (Å²) in [4.78, 5) is 11.9. The number of carbonyl (C=O) groups excluding carboxylic acids is 1. The fraction of sp³-hybridized carbons (Fsp3) is 0.773. The molecule has 0 aromatic carbocycles. The molecular formula is C22H32O3. The van der Waals surface area contributed by atoms with E-state index in [1.165, 1.54) is 5.57 Å². The topological polar surface area (TPSA) is 46.5 Å². The summed E-state index contributed by atoms with van der Waals surface area (Å²) in [6, 6.07) is 0. The molecule has 0 unspecified atom stereocenters. The van der Waals surface area contributed by atoms with Crippen LogP contribution in [0.25, 0.3) is 0 Å². The zero-order valence-electron chi connectivity index (χ0n) is 15.9. The van der Waals surface area contributed by atoms with E-state index in [1.807, 2.05) is 13.0 Å². The molecule has 2 saturated carbocycles. The highest BCUT2D eigenvalue weighted by atomic mass is 16.5. The summed E-state index contributed by atoms with van der Waals surface area (Å²) in [6.45, 7) is 7.80. The second-order valence-corrected chi connectivity index (χ2v) is 9.30. The molecule has 0 spiro atoms. The number of hydrogen-bond acceptors (Lipinski definition) is 3. The molecule has 3 heteroatoms. The van der Waals surface area contributed by atoms with Gasteiger partial charge in [0.25, 0.3) is 0 Å². The first-order chi connectivity index (χ1) is 11.8. The smallest absolute Gasteiger partial charge is 0.156 e. The molecule has 0 radical (unpaired) electrons. The van der Waals surface area contributed by atoms with Crippen LogP contribution < -0.4 is 0 Å². The van der Waals surface area contributed by atoms with Crippen molar-refractivity contribution < 1.29 is 14.6 Å². The van der Waals surface area contributed by atoms with Gasteiger partial charge in [-0.15, -0.1) is 0 Å². The van der Waals surface area contributed by atoms with Crippen LogP contribution in [-0.4, -0.2) is 29.7 Å². The van der Waals surface area contributed by atoms with Crippen LogP contribution in [-0.2, 0) is 9.53 Å². The molecule has 4 aliphatic rings. The molecule has 4 rings (SSSR count).